The zero-order valence-corrected chi connectivity index (χ0v) is 12.6. The molecule has 1 aliphatic carbocycles. The van der Waals surface area contributed by atoms with Gasteiger partial charge < -0.3 is 0 Å². The Hall–Kier alpha value is 0.110. The predicted molar refractivity (Wildman–Crippen MR) is 78.5 cm³/mol. The number of ketones is 1. The van der Waals surface area contributed by atoms with Crippen LogP contribution in [0.1, 0.15) is 33.6 Å². The Bertz CT molecular complexity index is 333. The Labute approximate surface area is 113 Å². The SMILES string of the molecule is C=C(C)[C@H]1CC(=O)[C@@](C)(C2SCCS2)[C@H](C)C1. The van der Waals surface area contributed by atoms with E-state index in [1.54, 1.807) is 0 Å². The lowest BCUT2D eigenvalue weighted by Gasteiger charge is -2.44. The van der Waals surface area contributed by atoms with Crippen LogP contribution in [0.3, 0.4) is 0 Å². The van der Waals surface area contributed by atoms with Gasteiger partial charge in [-0.3, -0.25) is 4.79 Å². The number of allylic oxidation sites excluding steroid dienone is 1. The number of carbonyl (C=O) groups is 1. The Balaban J connectivity index is 2.18. The third kappa shape index (κ3) is 2.33. The van der Waals surface area contributed by atoms with Crippen LogP contribution in [0.4, 0.5) is 0 Å². The van der Waals surface area contributed by atoms with Crippen LogP contribution in [0.5, 0.6) is 0 Å². The molecule has 0 aromatic rings. The van der Waals surface area contributed by atoms with Gasteiger partial charge in [0.25, 0.3) is 0 Å². The highest BCUT2D eigenvalue weighted by Gasteiger charge is 2.50. The van der Waals surface area contributed by atoms with E-state index in [2.05, 4.69) is 27.4 Å². The number of hydrogen-bond acceptors (Lipinski definition) is 3. The summed E-state index contributed by atoms with van der Waals surface area (Å²) in [5.41, 5.74) is 1.07. The fourth-order valence-electron chi connectivity index (χ4n) is 2.92. The number of rotatable bonds is 2. The van der Waals surface area contributed by atoms with E-state index in [0.717, 1.165) is 6.42 Å². The molecule has 0 unspecified atom stereocenters. The molecule has 96 valence electrons. The summed E-state index contributed by atoms with van der Waals surface area (Å²) in [5, 5.41) is 0. The average molecular weight is 270 g/mol. The summed E-state index contributed by atoms with van der Waals surface area (Å²) in [6, 6.07) is 0. The van der Waals surface area contributed by atoms with Gasteiger partial charge in [0.15, 0.2) is 0 Å². The minimum atomic E-state index is -0.113. The molecule has 0 aromatic heterocycles. The smallest absolute Gasteiger partial charge is 0.141 e. The van der Waals surface area contributed by atoms with Crippen molar-refractivity contribution in [2.75, 3.05) is 11.5 Å². The highest BCUT2D eigenvalue weighted by molar-refractivity contribution is 8.20. The van der Waals surface area contributed by atoms with Crippen molar-refractivity contribution in [2.24, 2.45) is 17.3 Å². The summed E-state index contributed by atoms with van der Waals surface area (Å²) in [6.07, 6.45) is 1.85. The number of thioether (sulfide) groups is 2. The molecule has 3 atom stereocenters. The van der Waals surface area contributed by atoms with Crippen LogP contribution in [0.25, 0.3) is 0 Å². The first-order valence-electron chi connectivity index (χ1n) is 6.38. The molecule has 3 heteroatoms. The van der Waals surface area contributed by atoms with E-state index in [9.17, 15) is 4.79 Å². The first-order valence-corrected chi connectivity index (χ1v) is 8.48. The van der Waals surface area contributed by atoms with Gasteiger partial charge in [-0.05, 0) is 25.2 Å². The molecule has 2 aliphatic rings. The highest BCUT2D eigenvalue weighted by atomic mass is 32.2. The Morgan fingerprint density at radius 2 is 2.00 bits per heavy atom. The zero-order valence-electron chi connectivity index (χ0n) is 11.0. The fraction of sp³-hybridized carbons (Fsp3) is 0.786. The van der Waals surface area contributed by atoms with Crippen molar-refractivity contribution >= 4 is 29.3 Å². The van der Waals surface area contributed by atoms with Crippen LogP contribution in [0.15, 0.2) is 12.2 Å². The van der Waals surface area contributed by atoms with Crippen molar-refractivity contribution in [1.82, 2.24) is 0 Å². The second-order valence-electron chi connectivity index (χ2n) is 5.66. The lowest BCUT2D eigenvalue weighted by atomic mass is 9.64. The van der Waals surface area contributed by atoms with Gasteiger partial charge in [-0.15, -0.1) is 23.5 Å². The van der Waals surface area contributed by atoms with Crippen molar-refractivity contribution in [3.05, 3.63) is 12.2 Å². The maximum atomic E-state index is 12.6. The van der Waals surface area contributed by atoms with Gasteiger partial charge in [-0.25, -0.2) is 0 Å². The van der Waals surface area contributed by atoms with Gasteiger partial charge in [-0.1, -0.05) is 26.0 Å². The molecule has 17 heavy (non-hydrogen) atoms. The molecule has 1 saturated heterocycles. The van der Waals surface area contributed by atoms with Gasteiger partial charge in [0.05, 0.1) is 4.58 Å². The Kier molecular flexibility index (Phi) is 3.99. The highest BCUT2D eigenvalue weighted by Crippen LogP contribution is 2.53. The third-order valence-electron chi connectivity index (χ3n) is 4.50. The summed E-state index contributed by atoms with van der Waals surface area (Å²) < 4.78 is 0.482. The quantitative estimate of drug-likeness (QED) is 0.706. The molecular weight excluding hydrogens is 248 g/mol. The van der Waals surface area contributed by atoms with Gasteiger partial charge in [0.2, 0.25) is 0 Å². The van der Waals surface area contributed by atoms with Crippen molar-refractivity contribution in [3.63, 3.8) is 0 Å². The molecule has 0 aromatic carbocycles. The van der Waals surface area contributed by atoms with E-state index in [-0.39, 0.29) is 5.41 Å². The largest absolute Gasteiger partial charge is 0.299 e. The van der Waals surface area contributed by atoms with Crippen LogP contribution in [0.2, 0.25) is 0 Å². The molecule has 1 saturated carbocycles. The summed E-state index contributed by atoms with van der Waals surface area (Å²) in [6.45, 7) is 10.5. The van der Waals surface area contributed by atoms with Gasteiger partial charge in [-0.2, -0.15) is 0 Å². The fourth-order valence-corrected chi connectivity index (χ4v) is 6.50. The van der Waals surface area contributed by atoms with E-state index in [4.69, 9.17) is 0 Å². The van der Waals surface area contributed by atoms with Crippen LogP contribution in [-0.2, 0) is 4.79 Å². The van der Waals surface area contributed by atoms with Crippen LogP contribution in [0, 0.1) is 17.3 Å². The Morgan fingerprint density at radius 1 is 1.41 bits per heavy atom. The summed E-state index contributed by atoms with van der Waals surface area (Å²) in [4.78, 5) is 12.6. The second kappa shape index (κ2) is 5.00. The standard InChI is InChI=1S/C14H22OS2/c1-9(2)11-7-10(3)14(4,12(15)8-11)13-16-5-6-17-13/h10-11,13H,1,5-8H2,2-4H3/t10-,11-,14+/m1/s1. The van der Waals surface area contributed by atoms with E-state index in [0.29, 0.717) is 28.6 Å². The van der Waals surface area contributed by atoms with Crippen molar-refractivity contribution in [1.29, 1.82) is 0 Å². The third-order valence-corrected chi connectivity index (χ3v) is 8.04. The Morgan fingerprint density at radius 3 is 2.47 bits per heavy atom. The predicted octanol–water partition coefficient (Wildman–Crippen LogP) is 3.99. The van der Waals surface area contributed by atoms with E-state index in [1.807, 2.05) is 23.5 Å². The van der Waals surface area contributed by atoms with Crippen molar-refractivity contribution < 1.29 is 4.79 Å². The summed E-state index contributed by atoms with van der Waals surface area (Å²) >= 11 is 3.97. The topological polar surface area (TPSA) is 17.1 Å². The zero-order chi connectivity index (χ0) is 12.6. The van der Waals surface area contributed by atoms with Gasteiger partial charge in [0, 0.05) is 23.3 Å². The van der Waals surface area contributed by atoms with Crippen molar-refractivity contribution in [2.45, 2.75) is 38.2 Å². The molecule has 0 bridgehead atoms. The molecule has 0 amide bonds. The minimum absolute atomic E-state index is 0.113. The van der Waals surface area contributed by atoms with Gasteiger partial charge in [0.1, 0.15) is 5.78 Å². The number of Topliss-reactive ketones (excluding diaryl/α,β-unsaturated/α-hetero) is 1. The molecule has 1 aliphatic heterocycles. The van der Waals surface area contributed by atoms with E-state index < -0.39 is 0 Å². The normalized spacial score (nSPS) is 39.6. The van der Waals surface area contributed by atoms with Crippen LogP contribution >= 0.6 is 23.5 Å². The van der Waals surface area contributed by atoms with E-state index >= 15 is 0 Å². The molecule has 0 N–H and O–H groups in total. The van der Waals surface area contributed by atoms with Crippen LogP contribution < -0.4 is 0 Å². The second-order valence-corrected chi connectivity index (χ2v) is 8.39. The summed E-state index contributed by atoms with van der Waals surface area (Å²) in [5.74, 6) is 3.77. The maximum Gasteiger partial charge on any atom is 0.141 e. The maximum absolute atomic E-state index is 12.6. The molecule has 0 spiro atoms. The molecule has 2 rings (SSSR count). The first kappa shape index (κ1) is 13.5. The number of hydrogen-bond donors (Lipinski definition) is 0. The number of carbonyl (C=O) groups excluding carboxylic acids is 1. The lowest BCUT2D eigenvalue weighted by Crippen LogP contribution is -2.46. The molecule has 1 heterocycles. The molecular formula is C14H22OS2. The minimum Gasteiger partial charge on any atom is -0.299 e. The van der Waals surface area contributed by atoms with Crippen LogP contribution in [-0.4, -0.2) is 21.9 Å². The average Bonchev–Trinajstić information content (AvgIpc) is 2.78. The van der Waals surface area contributed by atoms with E-state index in [1.165, 1.54) is 17.1 Å². The molecule has 1 nitrogen and oxygen atoms in total. The lowest BCUT2D eigenvalue weighted by molar-refractivity contribution is -0.133. The first-order chi connectivity index (χ1) is 7.96. The summed E-state index contributed by atoms with van der Waals surface area (Å²) in [7, 11) is 0. The molecule has 2 fully saturated rings. The monoisotopic (exact) mass is 270 g/mol. The molecule has 0 radical (unpaired) electrons. The van der Waals surface area contributed by atoms with Crippen molar-refractivity contribution in [3.8, 4) is 0 Å². The van der Waals surface area contributed by atoms with Gasteiger partial charge >= 0.3 is 0 Å².